The summed E-state index contributed by atoms with van der Waals surface area (Å²) in [5.41, 5.74) is 5.17. The molecule has 0 spiro atoms. The van der Waals surface area contributed by atoms with Crippen LogP contribution in [0.4, 0.5) is 4.39 Å². The van der Waals surface area contributed by atoms with Crippen molar-refractivity contribution >= 4 is 11.0 Å². The van der Waals surface area contributed by atoms with E-state index in [4.69, 9.17) is 0 Å². The number of nitrogens with one attached hydrogen (secondary N) is 1. The summed E-state index contributed by atoms with van der Waals surface area (Å²) in [6, 6.07) is 12.0. The van der Waals surface area contributed by atoms with Crippen molar-refractivity contribution in [1.82, 2.24) is 19.9 Å². The van der Waals surface area contributed by atoms with E-state index in [0.717, 1.165) is 33.5 Å². The molecule has 0 bridgehead atoms. The van der Waals surface area contributed by atoms with Crippen molar-refractivity contribution in [3.05, 3.63) is 67.0 Å². The lowest BCUT2D eigenvalue weighted by molar-refractivity contribution is 0.628. The third kappa shape index (κ3) is 2.03. The molecular weight excluding hydrogens is 279 g/mol. The average Bonchev–Trinajstić information content (AvgIpc) is 2.96. The van der Waals surface area contributed by atoms with Gasteiger partial charge in [-0.3, -0.25) is 4.98 Å². The maximum atomic E-state index is 13.2. The van der Waals surface area contributed by atoms with E-state index < -0.39 is 0 Å². The van der Waals surface area contributed by atoms with Gasteiger partial charge in [0.05, 0.1) is 22.4 Å². The molecule has 0 saturated heterocycles. The van der Waals surface area contributed by atoms with Gasteiger partial charge in [-0.2, -0.15) is 0 Å². The normalized spacial score (nSPS) is 11.0. The second-order valence-corrected chi connectivity index (χ2v) is 4.88. The number of hydrogen-bond acceptors (Lipinski definition) is 3. The third-order valence-corrected chi connectivity index (χ3v) is 3.53. The number of rotatable bonds is 2. The molecule has 22 heavy (non-hydrogen) atoms. The van der Waals surface area contributed by atoms with Crippen LogP contribution in [-0.2, 0) is 0 Å². The molecule has 0 amide bonds. The number of pyridine rings is 1. The summed E-state index contributed by atoms with van der Waals surface area (Å²) < 4.78 is 13.2. The molecule has 0 saturated carbocycles. The van der Waals surface area contributed by atoms with E-state index in [1.54, 1.807) is 24.5 Å². The first-order chi connectivity index (χ1) is 10.8. The summed E-state index contributed by atoms with van der Waals surface area (Å²) in [5, 5.41) is 0. The number of nitrogens with zero attached hydrogens (tertiary/aromatic N) is 3. The van der Waals surface area contributed by atoms with Crippen molar-refractivity contribution in [1.29, 1.82) is 0 Å². The zero-order valence-electron chi connectivity index (χ0n) is 11.5. The summed E-state index contributed by atoms with van der Waals surface area (Å²) in [4.78, 5) is 16.1. The number of H-pyrrole nitrogens is 1. The molecule has 0 fully saturated rings. The van der Waals surface area contributed by atoms with Crippen LogP contribution in [-0.4, -0.2) is 19.9 Å². The molecule has 5 heteroatoms. The van der Waals surface area contributed by atoms with Crippen LogP contribution < -0.4 is 0 Å². The largest absolute Gasteiger partial charge is 0.351 e. The van der Waals surface area contributed by atoms with Gasteiger partial charge in [0, 0.05) is 18.0 Å². The van der Waals surface area contributed by atoms with Gasteiger partial charge in [0.15, 0.2) is 0 Å². The molecular formula is C17H11FN4. The molecule has 0 unspecified atom stereocenters. The van der Waals surface area contributed by atoms with Gasteiger partial charge in [-0.1, -0.05) is 12.1 Å². The molecule has 0 aliphatic carbocycles. The molecule has 0 radical (unpaired) electrons. The van der Waals surface area contributed by atoms with E-state index >= 15 is 0 Å². The summed E-state index contributed by atoms with van der Waals surface area (Å²) >= 11 is 0. The van der Waals surface area contributed by atoms with Crippen molar-refractivity contribution in [2.24, 2.45) is 0 Å². The molecule has 0 atom stereocenters. The maximum Gasteiger partial charge on any atom is 0.123 e. The Kier molecular flexibility index (Phi) is 2.89. The predicted octanol–water partition coefficient (Wildman–Crippen LogP) is 3.83. The number of benzene rings is 1. The van der Waals surface area contributed by atoms with Gasteiger partial charge in [-0.15, -0.1) is 0 Å². The second-order valence-electron chi connectivity index (χ2n) is 4.88. The van der Waals surface area contributed by atoms with E-state index in [0.29, 0.717) is 0 Å². The number of fused-ring (bicyclic) bond motifs is 1. The topological polar surface area (TPSA) is 54.5 Å². The van der Waals surface area contributed by atoms with Crippen LogP contribution in [0.1, 0.15) is 0 Å². The summed E-state index contributed by atoms with van der Waals surface area (Å²) in [6.45, 7) is 0. The van der Waals surface area contributed by atoms with E-state index in [1.807, 2.05) is 18.2 Å². The van der Waals surface area contributed by atoms with Gasteiger partial charge in [0.25, 0.3) is 0 Å². The summed E-state index contributed by atoms with van der Waals surface area (Å²) in [6.07, 6.45) is 4.94. The molecule has 106 valence electrons. The summed E-state index contributed by atoms with van der Waals surface area (Å²) in [5.74, 6) is -0.264. The van der Waals surface area contributed by atoms with Crippen molar-refractivity contribution < 1.29 is 4.39 Å². The SMILES string of the molecule is Fc1ccc(-c2c(-c3ccncn3)[nH]c3cccnc23)cc1. The van der Waals surface area contributed by atoms with Crippen LogP contribution >= 0.6 is 0 Å². The highest BCUT2D eigenvalue weighted by Gasteiger charge is 2.16. The molecule has 0 aliphatic heterocycles. The monoisotopic (exact) mass is 290 g/mol. The first-order valence-electron chi connectivity index (χ1n) is 6.82. The van der Waals surface area contributed by atoms with Crippen molar-refractivity contribution in [3.8, 4) is 22.5 Å². The first-order valence-corrected chi connectivity index (χ1v) is 6.82. The first kappa shape index (κ1) is 12.6. The fourth-order valence-corrected chi connectivity index (χ4v) is 2.55. The Labute approximate surface area is 125 Å². The Balaban J connectivity index is 2.04. The lowest BCUT2D eigenvalue weighted by atomic mass is 10.0. The van der Waals surface area contributed by atoms with Crippen LogP contribution in [0.3, 0.4) is 0 Å². The van der Waals surface area contributed by atoms with Gasteiger partial charge in [-0.25, -0.2) is 14.4 Å². The third-order valence-electron chi connectivity index (χ3n) is 3.53. The van der Waals surface area contributed by atoms with Gasteiger partial charge < -0.3 is 4.98 Å². The van der Waals surface area contributed by atoms with Crippen molar-refractivity contribution in [2.75, 3.05) is 0 Å². The number of halogens is 1. The smallest absolute Gasteiger partial charge is 0.123 e. The minimum absolute atomic E-state index is 0.264. The van der Waals surface area contributed by atoms with Crippen LogP contribution in [0, 0.1) is 5.82 Å². The van der Waals surface area contributed by atoms with Crippen LogP contribution in [0.5, 0.6) is 0 Å². The van der Waals surface area contributed by atoms with E-state index in [-0.39, 0.29) is 5.82 Å². The highest BCUT2D eigenvalue weighted by atomic mass is 19.1. The molecule has 4 nitrogen and oxygen atoms in total. The molecule has 1 aromatic carbocycles. The lowest BCUT2D eigenvalue weighted by Crippen LogP contribution is -1.87. The van der Waals surface area contributed by atoms with Gasteiger partial charge >= 0.3 is 0 Å². The van der Waals surface area contributed by atoms with Crippen LogP contribution in [0.25, 0.3) is 33.5 Å². The van der Waals surface area contributed by atoms with E-state index in [1.165, 1.54) is 18.5 Å². The highest BCUT2D eigenvalue weighted by Crippen LogP contribution is 2.36. The van der Waals surface area contributed by atoms with Gasteiger partial charge in [-0.05, 0) is 35.9 Å². The van der Waals surface area contributed by atoms with Gasteiger partial charge in [0.2, 0.25) is 0 Å². The second kappa shape index (κ2) is 5.04. The Hall–Kier alpha value is -3.08. The maximum absolute atomic E-state index is 13.2. The minimum Gasteiger partial charge on any atom is -0.351 e. The summed E-state index contributed by atoms with van der Waals surface area (Å²) in [7, 11) is 0. The van der Waals surface area contributed by atoms with E-state index in [9.17, 15) is 4.39 Å². The number of aromatic nitrogens is 4. The predicted molar refractivity (Wildman–Crippen MR) is 82.5 cm³/mol. The Morgan fingerprint density at radius 2 is 1.77 bits per heavy atom. The fraction of sp³-hybridized carbons (Fsp3) is 0. The number of aromatic amines is 1. The zero-order chi connectivity index (χ0) is 14.9. The lowest BCUT2D eigenvalue weighted by Gasteiger charge is -2.04. The molecule has 3 aromatic heterocycles. The molecule has 4 aromatic rings. The standard InChI is InChI=1S/C17H11FN4/c18-12-5-3-11(4-6-12)15-16-14(2-1-8-20-16)22-17(15)13-7-9-19-10-21-13/h1-10,22H. The Morgan fingerprint density at radius 1 is 0.909 bits per heavy atom. The van der Waals surface area contributed by atoms with Crippen LogP contribution in [0.15, 0.2) is 61.2 Å². The Morgan fingerprint density at radius 3 is 2.55 bits per heavy atom. The molecule has 0 aliphatic rings. The minimum atomic E-state index is -0.264. The fourth-order valence-electron chi connectivity index (χ4n) is 2.55. The zero-order valence-corrected chi connectivity index (χ0v) is 11.5. The number of hydrogen-bond donors (Lipinski definition) is 1. The quantitative estimate of drug-likeness (QED) is 0.610. The van der Waals surface area contributed by atoms with Crippen LogP contribution in [0.2, 0.25) is 0 Å². The van der Waals surface area contributed by atoms with Crippen molar-refractivity contribution in [2.45, 2.75) is 0 Å². The molecule has 4 rings (SSSR count). The Bertz CT molecular complexity index is 930. The average molecular weight is 290 g/mol. The van der Waals surface area contributed by atoms with Crippen molar-refractivity contribution in [3.63, 3.8) is 0 Å². The van der Waals surface area contributed by atoms with E-state index in [2.05, 4.69) is 19.9 Å². The molecule has 3 heterocycles. The highest BCUT2D eigenvalue weighted by molar-refractivity contribution is 6.00. The molecule has 1 N–H and O–H groups in total. The van der Waals surface area contributed by atoms with Gasteiger partial charge in [0.1, 0.15) is 12.1 Å².